The van der Waals surface area contributed by atoms with Gasteiger partial charge in [0.2, 0.25) is 0 Å². The van der Waals surface area contributed by atoms with Crippen molar-refractivity contribution in [2.75, 3.05) is 6.61 Å². The zero-order valence-electron chi connectivity index (χ0n) is 11.2. The van der Waals surface area contributed by atoms with Gasteiger partial charge in [0.1, 0.15) is 0 Å². The molecule has 0 spiro atoms. The van der Waals surface area contributed by atoms with Crippen LogP contribution in [-0.4, -0.2) is 15.7 Å². The summed E-state index contributed by atoms with van der Waals surface area (Å²) in [4.78, 5) is 16.7. The number of imidazole rings is 1. The standard InChI is InChI=1S/C14H19N3O2/c1-11(2)16-8-9-17(14(16)18)13-5-3-12(4-6-13)7-10-19-15/h3-6,8-9,11H,7,10,15H2,1-2H3. The second-order valence-corrected chi connectivity index (χ2v) is 4.74. The second-order valence-electron chi connectivity index (χ2n) is 4.74. The molecule has 0 saturated heterocycles. The molecule has 0 aliphatic heterocycles. The van der Waals surface area contributed by atoms with Crippen LogP contribution in [0.1, 0.15) is 25.5 Å². The fourth-order valence-corrected chi connectivity index (χ4v) is 1.98. The molecule has 0 amide bonds. The molecule has 102 valence electrons. The molecule has 0 atom stereocenters. The Morgan fingerprint density at radius 2 is 1.89 bits per heavy atom. The predicted molar refractivity (Wildman–Crippen MR) is 74.3 cm³/mol. The largest absolute Gasteiger partial charge is 0.332 e. The summed E-state index contributed by atoms with van der Waals surface area (Å²) >= 11 is 0. The molecule has 0 unspecified atom stereocenters. The summed E-state index contributed by atoms with van der Waals surface area (Å²) in [5.41, 5.74) is 1.97. The van der Waals surface area contributed by atoms with Gasteiger partial charge in [-0.25, -0.2) is 10.7 Å². The first-order chi connectivity index (χ1) is 9.13. The fraction of sp³-hybridized carbons (Fsp3) is 0.357. The van der Waals surface area contributed by atoms with E-state index in [9.17, 15) is 4.79 Å². The van der Waals surface area contributed by atoms with Gasteiger partial charge in [0.15, 0.2) is 0 Å². The van der Waals surface area contributed by atoms with Crippen molar-refractivity contribution in [1.29, 1.82) is 0 Å². The Bertz CT molecular complexity index is 581. The van der Waals surface area contributed by atoms with Gasteiger partial charge >= 0.3 is 5.69 Å². The van der Waals surface area contributed by atoms with E-state index >= 15 is 0 Å². The molecule has 0 saturated carbocycles. The molecule has 1 aromatic carbocycles. The van der Waals surface area contributed by atoms with E-state index in [0.29, 0.717) is 6.61 Å². The minimum Gasteiger partial charge on any atom is -0.304 e. The van der Waals surface area contributed by atoms with Crippen molar-refractivity contribution in [3.8, 4) is 5.69 Å². The molecule has 2 aromatic rings. The van der Waals surface area contributed by atoms with Gasteiger partial charge in [-0.15, -0.1) is 0 Å². The summed E-state index contributed by atoms with van der Waals surface area (Å²) in [7, 11) is 0. The average molecular weight is 261 g/mol. The van der Waals surface area contributed by atoms with Crippen LogP contribution in [0, 0.1) is 0 Å². The molecule has 0 bridgehead atoms. The molecular weight excluding hydrogens is 242 g/mol. The lowest BCUT2D eigenvalue weighted by Crippen LogP contribution is -2.24. The Hall–Kier alpha value is -1.85. The van der Waals surface area contributed by atoms with E-state index in [4.69, 9.17) is 5.90 Å². The van der Waals surface area contributed by atoms with Crippen molar-refractivity contribution in [2.24, 2.45) is 5.90 Å². The van der Waals surface area contributed by atoms with E-state index in [1.165, 1.54) is 0 Å². The van der Waals surface area contributed by atoms with Crippen LogP contribution in [-0.2, 0) is 11.3 Å². The van der Waals surface area contributed by atoms with Gasteiger partial charge < -0.3 is 4.84 Å². The Kier molecular flexibility index (Phi) is 4.19. The van der Waals surface area contributed by atoms with Crippen LogP contribution in [0.3, 0.4) is 0 Å². The SMILES string of the molecule is CC(C)n1ccn(-c2ccc(CCON)cc2)c1=O. The van der Waals surface area contributed by atoms with Gasteiger partial charge in [-0.1, -0.05) is 12.1 Å². The fourth-order valence-electron chi connectivity index (χ4n) is 1.98. The van der Waals surface area contributed by atoms with Crippen LogP contribution < -0.4 is 11.6 Å². The van der Waals surface area contributed by atoms with E-state index in [1.54, 1.807) is 15.3 Å². The Labute approximate surface area is 112 Å². The number of benzene rings is 1. The van der Waals surface area contributed by atoms with E-state index < -0.39 is 0 Å². The second kappa shape index (κ2) is 5.86. The maximum absolute atomic E-state index is 12.2. The molecule has 2 N–H and O–H groups in total. The van der Waals surface area contributed by atoms with Gasteiger partial charge in [-0.3, -0.25) is 9.13 Å². The molecule has 5 heteroatoms. The van der Waals surface area contributed by atoms with Crippen molar-refractivity contribution < 1.29 is 4.84 Å². The average Bonchev–Trinajstić information content (AvgIpc) is 2.79. The number of rotatable bonds is 5. The molecule has 0 radical (unpaired) electrons. The van der Waals surface area contributed by atoms with Crippen LogP contribution in [0.5, 0.6) is 0 Å². The van der Waals surface area contributed by atoms with Crippen LogP contribution in [0.15, 0.2) is 41.5 Å². The van der Waals surface area contributed by atoms with Crippen LogP contribution in [0.25, 0.3) is 5.69 Å². The summed E-state index contributed by atoms with van der Waals surface area (Å²) in [5.74, 6) is 5.00. The quantitative estimate of drug-likeness (QED) is 0.832. The van der Waals surface area contributed by atoms with Crippen LogP contribution in [0.4, 0.5) is 0 Å². The third-order valence-electron chi connectivity index (χ3n) is 3.08. The van der Waals surface area contributed by atoms with Gasteiger partial charge in [-0.05, 0) is 38.0 Å². The first-order valence-corrected chi connectivity index (χ1v) is 6.34. The Balaban J connectivity index is 2.25. The third kappa shape index (κ3) is 2.94. The van der Waals surface area contributed by atoms with E-state index in [0.717, 1.165) is 17.7 Å². The third-order valence-corrected chi connectivity index (χ3v) is 3.08. The van der Waals surface area contributed by atoms with E-state index in [1.807, 2.05) is 44.3 Å². The molecule has 0 fully saturated rings. The predicted octanol–water partition coefficient (Wildman–Crippen LogP) is 1.65. The first kappa shape index (κ1) is 13.6. The number of nitrogens with zero attached hydrogens (tertiary/aromatic N) is 2. The molecule has 2 rings (SSSR count). The minimum atomic E-state index is -0.0203. The summed E-state index contributed by atoms with van der Waals surface area (Å²) in [5, 5.41) is 0. The molecule has 19 heavy (non-hydrogen) atoms. The first-order valence-electron chi connectivity index (χ1n) is 6.34. The summed E-state index contributed by atoms with van der Waals surface area (Å²) in [6.07, 6.45) is 4.36. The van der Waals surface area contributed by atoms with Crippen molar-refractivity contribution in [3.05, 3.63) is 52.7 Å². The molecule has 1 heterocycles. The van der Waals surface area contributed by atoms with Gasteiger partial charge in [0.05, 0.1) is 12.3 Å². The maximum atomic E-state index is 12.2. The topological polar surface area (TPSA) is 62.2 Å². The minimum absolute atomic E-state index is 0.0203. The molecular formula is C14H19N3O2. The smallest absolute Gasteiger partial charge is 0.304 e. The zero-order valence-corrected chi connectivity index (χ0v) is 11.2. The molecule has 5 nitrogen and oxygen atoms in total. The summed E-state index contributed by atoms with van der Waals surface area (Å²) < 4.78 is 3.35. The maximum Gasteiger partial charge on any atom is 0.332 e. The van der Waals surface area contributed by atoms with Gasteiger partial charge in [-0.2, -0.15) is 0 Å². The van der Waals surface area contributed by atoms with Crippen molar-refractivity contribution >= 4 is 0 Å². The monoisotopic (exact) mass is 261 g/mol. The number of aromatic nitrogens is 2. The highest BCUT2D eigenvalue weighted by Gasteiger charge is 2.07. The highest BCUT2D eigenvalue weighted by molar-refractivity contribution is 5.34. The lowest BCUT2D eigenvalue weighted by molar-refractivity contribution is 0.141. The highest BCUT2D eigenvalue weighted by atomic mass is 16.6. The Morgan fingerprint density at radius 1 is 1.21 bits per heavy atom. The number of hydrogen-bond acceptors (Lipinski definition) is 3. The number of nitrogens with two attached hydrogens (primary N) is 1. The zero-order chi connectivity index (χ0) is 13.8. The summed E-state index contributed by atoms with van der Waals surface area (Å²) in [6.45, 7) is 4.46. The van der Waals surface area contributed by atoms with Crippen LogP contribution >= 0.6 is 0 Å². The van der Waals surface area contributed by atoms with E-state index in [2.05, 4.69) is 4.84 Å². The van der Waals surface area contributed by atoms with E-state index in [-0.39, 0.29) is 11.7 Å². The lowest BCUT2D eigenvalue weighted by atomic mass is 10.1. The normalized spacial score (nSPS) is 11.2. The van der Waals surface area contributed by atoms with Crippen molar-refractivity contribution in [3.63, 3.8) is 0 Å². The van der Waals surface area contributed by atoms with Gasteiger partial charge in [0.25, 0.3) is 0 Å². The highest BCUT2D eigenvalue weighted by Crippen LogP contribution is 2.10. The van der Waals surface area contributed by atoms with Crippen molar-refractivity contribution in [2.45, 2.75) is 26.3 Å². The molecule has 0 aliphatic rings. The summed E-state index contributed by atoms with van der Waals surface area (Å²) in [6, 6.07) is 7.98. The molecule has 1 aromatic heterocycles. The number of hydrogen-bond donors (Lipinski definition) is 1. The lowest BCUT2D eigenvalue weighted by Gasteiger charge is -2.06. The van der Waals surface area contributed by atoms with Crippen molar-refractivity contribution in [1.82, 2.24) is 9.13 Å². The Morgan fingerprint density at radius 3 is 2.42 bits per heavy atom. The van der Waals surface area contributed by atoms with Crippen LogP contribution in [0.2, 0.25) is 0 Å². The van der Waals surface area contributed by atoms with Gasteiger partial charge in [0, 0.05) is 18.4 Å². The molecule has 0 aliphatic carbocycles.